The summed E-state index contributed by atoms with van der Waals surface area (Å²) in [4.78, 5) is 10.5. The molecular weight excluding hydrogens is 889 g/mol. The molecule has 4 nitrogen and oxygen atoms in total. The molecule has 0 amide bonds. The molecule has 0 saturated carbocycles. The molecule has 0 fully saturated rings. The van der Waals surface area contributed by atoms with Gasteiger partial charge in [-0.1, -0.05) is 176 Å². The van der Waals surface area contributed by atoms with Gasteiger partial charge in [0.15, 0.2) is 5.82 Å². The summed E-state index contributed by atoms with van der Waals surface area (Å²) in [5.41, 5.74) is 13.9. The van der Waals surface area contributed by atoms with Crippen LogP contribution in [0.5, 0.6) is 0 Å². The molecule has 0 spiro atoms. The van der Waals surface area contributed by atoms with Crippen molar-refractivity contribution in [1.82, 2.24) is 19.1 Å². The van der Waals surface area contributed by atoms with Crippen molar-refractivity contribution >= 4 is 107 Å². The third-order valence-electron chi connectivity index (χ3n) is 14.2. The summed E-state index contributed by atoms with van der Waals surface area (Å²) >= 11 is 3.78. The van der Waals surface area contributed by atoms with E-state index in [2.05, 4.69) is 234 Å². The Kier molecular flexibility index (Phi) is 8.66. The fraction of sp³-hybridized carbons (Fsp3) is 0. The quantitative estimate of drug-likeness (QED) is 0.167. The number of rotatable bonds is 6. The highest BCUT2D eigenvalue weighted by Gasteiger charge is 2.24. The average molecular weight is 927 g/mol. The van der Waals surface area contributed by atoms with E-state index in [1.807, 2.05) is 28.7 Å². The molecule has 15 rings (SSSR count). The number of thiophene rings is 2. The normalized spacial score (nSPS) is 12.0. The molecule has 15 aromatic rings. The van der Waals surface area contributed by atoms with E-state index in [1.54, 1.807) is 0 Å². The predicted molar refractivity (Wildman–Crippen MR) is 298 cm³/mol. The lowest BCUT2D eigenvalue weighted by Gasteiger charge is -2.20. The van der Waals surface area contributed by atoms with E-state index in [9.17, 15) is 0 Å². The molecule has 326 valence electrons. The monoisotopic (exact) mass is 926 g/mol. The highest BCUT2D eigenvalue weighted by atomic mass is 32.1. The molecule has 0 bridgehead atoms. The third-order valence-corrected chi connectivity index (χ3v) is 16.6. The molecular formula is C64H38N4S2. The summed E-state index contributed by atoms with van der Waals surface area (Å²) in [5.74, 6) is 0.691. The van der Waals surface area contributed by atoms with Gasteiger partial charge in [-0.25, -0.2) is 9.97 Å². The van der Waals surface area contributed by atoms with Gasteiger partial charge in [-0.3, -0.25) is 0 Å². The van der Waals surface area contributed by atoms with Gasteiger partial charge in [-0.05, 0) is 54.6 Å². The van der Waals surface area contributed by atoms with Crippen molar-refractivity contribution in [2.24, 2.45) is 0 Å². The molecule has 10 aromatic carbocycles. The minimum atomic E-state index is 0.691. The summed E-state index contributed by atoms with van der Waals surface area (Å²) in [6.45, 7) is 0. The standard InChI is InChI=1S/C64H38N4S2/c1-3-17-39(18-4-1)50-38-51(66-64(65-50)40-19-5-2-6-20-40)41-31-32-43(57(37-41)68-54-28-14-9-25-49(54)61-56(68)36-34-47-45-23-11-16-30-59(45)70-63(47)61)42-21-7-12-26-52(42)67-53-27-13-8-24-48(53)60-55(67)35-33-46-44-22-10-15-29-58(44)69-62(46)60/h1-38H. The molecule has 0 N–H and O–H groups in total. The molecule has 70 heavy (non-hydrogen) atoms. The van der Waals surface area contributed by atoms with Crippen molar-refractivity contribution in [3.8, 4) is 56.4 Å². The van der Waals surface area contributed by atoms with E-state index >= 15 is 0 Å². The lowest BCUT2D eigenvalue weighted by atomic mass is 9.97. The smallest absolute Gasteiger partial charge is 0.160 e. The van der Waals surface area contributed by atoms with E-state index in [-0.39, 0.29) is 0 Å². The van der Waals surface area contributed by atoms with Gasteiger partial charge in [0.25, 0.3) is 0 Å². The second kappa shape index (κ2) is 15.4. The van der Waals surface area contributed by atoms with Crippen LogP contribution in [-0.2, 0) is 0 Å². The topological polar surface area (TPSA) is 35.6 Å². The molecule has 5 heterocycles. The van der Waals surface area contributed by atoms with Crippen LogP contribution in [0.2, 0.25) is 0 Å². The lowest BCUT2D eigenvalue weighted by Crippen LogP contribution is -2.02. The van der Waals surface area contributed by atoms with Crippen LogP contribution in [0.15, 0.2) is 231 Å². The zero-order valence-electron chi connectivity index (χ0n) is 37.5. The maximum absolute atomic E-state index is 5.36. The second-order valence-electron chi connectivity index (χ2n) is 18.0. The zero-order valence-corrected chi connectivity index (χ0v) is 39.2. The molecule has 0 saturated heterocycles. The Morgan fingerprint density at radius 3 is 1.39 bits per heavy atom. The number of fused-ring (bicyclic) bond motifs is 14. The van der Waals surface area contributed by atoms with Crippen LogP contribution in [0.1, 0.15) is 0 Å². The van der Waals surface area contributed by atoms with E-state index in [1.165, 1.54) is 72.9 Å². The fourth-order valence-electron chi connectivity index (χ4n) is 11.1. The molecule has 0 aliphatic carbocycles. The predicted octanol–water partition coefficient (Wildman–Crippen LogP) is 18.1. The minimum absolute atomic E-state index is 0.691. The van der Waals surface area contributed by atoms with Gasteiger partial charge in [-0.2, -0.15) is 0 Å². The number of nitrogens with zero attached hydrogens (tertiary/aromatic N) is 4. The van der Waals surface area contributed by atoms with Crippen LogP contribution in [0.25, 0.3) is 140 Å². The minimum Gasteiger partial charge on any atom is -0.309 e. The second-order valence-corrected chi connectivity index (χ2v) is 20.1. The van der Waals surface area contributed by atoms with Gasteiger partial charge in [0.1, 0.15) is 0 Å². The maximum Gasteiger partial charge on any atom is 0.160 e. The van der Waals surface area contributed by atoms with E-state index < -0.39 is 0 Å². The van der Waals surface area contributed by atoms with E-state index in [0.29, 0.717) is 5.82 Å². The van der Waals surface area contributed by atoms with Crippen LogP contribution in [0, 0.1) is 0 Å². The number of hydrogen-bond donors (Lipinski definition) is 0. The first-order valence-corrected chi connectivity index (χ1v) is 25.3. The molecule has 0 atom stereocenters. The Morgan fingerprint density at radius 1 is 0.300 bits per heavy atom. The van der Waals surface area contributed by atoms with Crippen molar-refractivity contribution in [3.05, 3.63) is 231 Å². The molecule has 6 heteroatoms. The van der Waals surface area contributed by atoms with E-state index in [0.717, 1.165) is 61.6 Å². The average Bonchev–Trinajstić information content (AvgIpc) is 4.19. The van der Waals surface area contributed by atoms with Crippen LogP contribution >= 0.6 is 22.7 Å². The molecule has 0 radical (unpaired) electrons. The van der Waals surface area contributed by atoms with Crippen molar-refractivity contribution in [2.45, 2.75) is 0 Å². The summed E-state index contributed by atoms with van der Waals surface area (Å²) in [5, 5.41) is 10.2. The highest BCUT2D eigenvalue weighted by molar-refractivity contribution is 7.27. The third kappa shape index (κ3) is 5.87. The number of benzene rings is 10. The van der Waals surface area contributed by atoms with Gasteiger partial charge in [0.2, 0.25) is 0 Å². The van der Waals surface area contributed by atoms with Gasteiger partial charge in [-0.15, -0.1) is 22.7 Å². The maximum atomic E-state index is 5.36. The zero-order chi connectivity index (χ0) is 45.9. The first kappa shape index (κ1) is 39.3. The van der Waals surface area contributed by atoms with Crippen LogP contribution in [0.3, 0.4) is 0 Å². The molecule has 0 unspecified atom stereocenters. The Morgan fingerprint density at radius 2 is 0.771 bits per heavy atom. The van der Waals surface area contributed by atoms with Crippen molar-refractivity contribution < 1.29 is 0 Å². The van der Waals surface area contributed by atoms with Crippen LogP contribution in [-0.4, -0.2) is 19.1 Å². The largest absolute Gasteiger partial charge is 0.309 e. The first-order chi connectivity index (χ1) is 34.7. The summed E-state index contributed by atoms with van der Waals surface area (Å²) in [6.07, 6.45) is 0. The number of hydrogen-bond acceptors (Lipinski definition) is 4. The Balaban J connectivity index is 1.04. The van der Waals surface area contributed by atoms with E-state index in [4.69, 9.17) is 9.97 Å². The van der Waals surface area contributed by atoms with Crippen LogP contribution < -0.4 is 0 Å². The highest BCUT2D eigenvalue weighted by Crippen LogP contribution is 2.48. The molecule has 0 aliphatic rings. The van der Waals surface area contributed by atoms with Crippen molar-refractivity contribution in [1.29, 1.82) is 0 Å². The molecule has 5 aromatic heterocycles. The summed E-state index contributed by atoms with van der Waals surface area (Å²) in [7, 11) is 0. The molecule has 0 aliphatic heterocycles. The van der Waals surface area contributed by atoms with Gasteiger partial charge < -0.3 is 9.13 Å². The van der Waals surface area contributed by atoms with Crippen LogP contribution in [0.4, 0.5) is 0 Å². The Labute approximate surface area is 410 Å². The fourth-order valence-corrected chi connectivity index (χ4v) is 13.6. The van der Waals surface area contributed by atoms with Crippen molar-refractivity contribution in [2.75, 3.05) is 0 Å². The first-order valence-electron chi connectivity index (χ1n) is 23.6. The summed E-state index contributed by atoms with van der Waals surface area (Å²) in [6, 6.07) is 83.6. The Hall–Kier alpha value is -8.68. The number of para-hydroxylation sites is 3. The Bertz CT molecular complexity index is 4540. The van der Waals surface area contributed by atoms with Gasteiger partial charge in [0.05, 0.1) is 44.8 Å². The summed E-state index contributed by atoms with van der Waals surface area (Å²) < 4.78 is 10.2. The number of aromatic nitrogens is 4. The van der Waals surface area contributed by atoms with Crippen molar-refractivity contribution in [3.63, 3.8) is 0 Å². The lowest BCUT2D eigenvalue weighted by molar-refractivity contribution is 1.15. The van der Waals surface area contributed by atoms with Gasteiger partial charge in [0, 0.05) is 89.7 Å². The SMILES string of the molecule is c1ccc(-c2cc(-c3ccc(-c4ccccc4-n4c5ccccc5c5c6sc7ccccc7c6ccc54)c(-n4c5ccccc5c5c6sc7ccccc7c6ccc54)c3)nc(-c3ccccc3)n2)cc1. The van der Waals surface area contributed by atoms with Gasteiger partial charge >= 0.3 is 0 Å².